The summed E-state index contributed by atoms with van der Waals surface area (Å²) < 4.78 is 0. The molecule has 0 radical (unpaired) electrons. The lowest BCUT2D eigenvalue weighted by atomic mass is 9.70. The van der Waals surface area contributed by atoms with Crippen LogP contribution in [-0.2, 0) is 4.79 Å². The molecule has 3 heteroatoms. The van der Waals surface area contributed by atoms with E-state index in [1.54, 1.807) is 0 Å². The SMILES string of the molecule is CC1(C)CCCC(C(=O)O)=C1c1ccc(Cl)cc1. The minimum absolute atomic E-state index is 0.0974. The van der Waals surface area contributed by atoms with Crippen molar-refractivity contribution in [2.24, 2.45) is 5.41 Å². The van der Waals surface area contributed by atoms with Crippen LogP contribution in [0.4, 0.5) is 0 Å². The van der Waals surface area contributed by atoms with Crippen LogP contribution in [0.25, 0.3) is 5.57 Å². The fourth-order valence-corrected chi connectivity index (χ4v) is 2.89. The smallest absolute Gasteiger partial charge is 0.331 e. The van der Waals surface area contributed by atoms with Crippen molar-refractivity contribution in [3.05, 3.63) is 40.4 Å². The monoisotopic (exact) mass is 264 g/mol. The van der Waals surface area contributed by atoms with Gasteiger partial charge in [0.15, 0.2) is 0 Å². The Morgan fingerprint density at radius 2 is 1.89 bits per heavy atom. The van der Waals surface area contributed by atoms with E-state index in [9.17, 15) is 9.90 Å². The summed E-state index contributed by atoms with van der Waals surface area (Å²) in [5.74, 6) is -0.798. The highest BCUT2D eigenvalue weighted by atomic mass is 35.5. The third kappa shape index (κ3) is 2.44. The first-order valence-electron chi connectivity index (χ1n) is 6.15. The molecule has 0 saturated carbocycles. The van der Waals surface area contributed by atoms with Crippen LogP contribution in [-0.4, -0.2) is 11.1 Å². The molecule has 1 aliphatic rings. The number of halogens is 1. The number of allylic oxidation sites excluding steroid dienone is 1. The normalized spacial score (nSPS) is 18.8. The Balaban J connectivity index is 2.59. The van der Waals surface area contributed by atoms with Gasteiger partial charge in [-0.25, -0.2) is 4.79 Å². The lowest BCUT2D eigenvalue weighted by molar-refractivity contribution is -0.132. The first-order valence-corrected chi connectivity index (χ1v) is 6.52. The highest BCUT2D eigenvalue weighted by Crippen LogP contribution is 2.46. The molecular weight excluding hydrogens is 248 g/mol. The summed E-state index contributed by atoms with van der Waals surface area (Å²) in [6, 6.07) is 7.45. The number of carboxylic acids is 1. The van der Waals surface area contributed by atoms with E-state index in [1.165, 1.54) is 0 Å². The van der Waals surface area contributed by atoms with Gasteiger partial charge in [-0.1, -0.05) is 37.6 Å². The first-order chi connectivity index (χ1) is 8.42. The van der Waals surface area contributed by atoms with Gasteiger partial charge in [0.05, 0.1) is 0 Å². The van der Waals surface area contributed by atoms with E-state index in [4.69, 9.17) is 11.6 Å². The summed E-state index contributed by atoms with van der Waals surface area (Å²) in [6.07, 6.45) is 2.60. The summed E-state index contributed by atoms with van der Waals surface area (Å²) >= 11 is 5.89. The Bertz CT molecular complexity index is 498. The van der Waals surface area contributed by atoms with E-state index < -0.39 is 5.97 Å². The molecule has 0 bridgehead atoms. The zero-order chi connectivity index (χ0) is 13.3. The topological polar surface area (TPSA) is 37.3 Å². The molecule has 1 N–H and O–H groups in total. The van der Waals surface area contributed by atoms with Crippen LogP contribution in [0, 0.1) is 5.41 Å². The fraction of sp³-hybridized carbons (Fsp3) is 0.400. The molecule has 0 spiro atoms. The van der Waals surface area contributed by atoms with Gasteiger partial charge in [-0.2, -0.15) is 0 Å². The maximum absolute atomic E-state index is 11.4. The summed E-state index contributed by atoms with van der Waals surface area (Å²) in [5.41, 5.74) is 2.38. The Labute approximate surface area is 112 Å². The molecule has 2 rings (SSSR count). The van der Waals surface area contributed by atoms with Crippen LogP contribution >= 0.6 is 11.6 Å². The Morgan fingerprint density at radius 1 is 1.28 bits per heavy atom. The molecule has 0 fully saturated rings. The van der Waals surface area contributed by atoms with Crippen LogP contribution in [0.15, 0.2) is 29.8 Å². The second-order valence-corrected chi connectivity index (χ2v) is 5.84. The van der Waals surface area contributed by atoms with Crippen LogP contribution in [0.2, 0.25) is 5.02 Å². The lowest BCUT2D eigenvalue weighted by Crippen LogP contribution is -2.23. The third-order valence-electron chi connectivity index (χ3n) is 3.60. The molecule has 1 aliphatic carbocycles. The number of rotatable bonds is 2. The van der Waals surface area contributed by atoms with Gasteiger partial charge in [0, 0.05) is 10.6 Å². The molecule has 0 saturated heterocycles. The van der Waals surface area contributed by atoms with Crippen molar-refractivity contribution < 1.29 is 9.90 Å². The molecule has 0 heterocycles. The molecule has 0 aromatic heterocycles. The maximum Gasteiger partial charge on any atom is 0.331 e. The van der Waals surface area contributed by atoms with E-state index in [0.717, 1.165) is 24.0 Å². The van der Waals surface area contributed by atoms with E-state index in [-0.39, 0.29) is 5.41 Å². The Morgan fingerprint density at radius 3 is 2.44 bits per heavy atom. The van der Waals surface area contributed by atoms with Crippen LogP contribution in [0.5, 0.6) is 0 Å². The zero-order valence-electron chi connectivity index (χ0n) is 10.7. The van der Waals surface area contributed by atoms with Gasteiger partial charge in [0.1, 0.15) is 0 Å². The average molecular weight is 265 g/mol. The van der Waals surface area contributed by atoms with Crippen molar-refractivity contribution in [2.75, 3.05) is 0 Å². The van der Waals surface area contributed by atoms with Gasteiger partial charge in [0.2, 0.25) is 0 Å². The van der Waals surface area contributed by atoms with E-state index in [1.807, 2.05) is 24.3 Å². The first kappa shape index (κ1) is 13.2. The summed E-state index contributed by atoms with van der Waals surface area (Å²) in [6.45, 7) is 4.22. The maximum atomic E-state index is 11.4. The highest BCUT2D eigenvalue weighted by molar-refractivity contribution is 6.30. The van der Waals surface area contributed by atoms with Gasteiger partial charge in [-0.15, -0.1) is 0 Å². The number of aliphatic carboxylic acids is 1. The third-order valence-corrected chi connectivity index (χ3v) is 3.85. The number of benzene rings is 1. The average Bonchev–Trinajstić information content (AvgIpc) is 2.29. The standard InChI is InChI=1S/C15H17ClO2/c1-15(2)9-3-4-12(14(17)18)13(15)10-5-7-11(16)8-6-10/h5-8H,3-4,9H2,1-2H3,(H,17,18). The number of carbonyl (C=O) groups is 1. The van der Waals surface area contributed by atoms with Crippen LogP contribution < -0.4 is 0 Å². The lowest BCUT2D eigenvalue weighted by Gasteiger charge is -2.34. The molecule has 1 aromatic carbocycles. The molecule has 0 amide bonds. The summed E-state index contributed by atoms with van der Waals surface area (Å²) in [7, 11) is 0. The predicted molar refractivity (Wildman–Crippen MR) is 73.6 cm³/mol. The quantitative estimate of drug-likeness (QED) is 0.860. The second-order valence-electron chi connectivity index (χ2n) is 5.40. The minimum Gasteiger partial charge on any atom is -0.478 e. The molecule has 0 aliphatic heterocycles. The van der Waals surface area contributed by atoms with Crippen molar-refractivity contribution in [2.45, 2.75) is 33.1 Å². The van der Waals surface area contributed by atoms with E-state index in [0.29, 0.717) is 17.0 Å². The van der Waals surface area contributed by atoms with Gasteiger partial charge >= 0.3 is 5.97 Å². The molecule has 96 valence electrons. The number of hydrogen-bond acceptors (Lipinski definition) is 1. The summed E-state index contributed by atoms with van der Waals surface area (Å²) in [5, 5.41) is 10.0. The van der Waals surface area contributed by atoms with Crippen molar-refractivity contribution in [1.29, 1.82) is 0 Å². The molecule has 0 atom stereocenters. The van der Waals surface area contributed by atoms with Gasteiger partial charge in [-0.05, 0) is 47.9 Å². The summed E-state index contributed by atoms with van der Waals surface area (Å²) in [4.78, 5) is 11.4. The predicted octanol–water partition coefficient (Wildman–Crippen LogP) is 4.39. The van der Waals surface area contributed by atoms with E-state index in [2.05, 4.69) is 13.8 Å². The Hall–Kier alpha value is -1.28. The Kier molecular flexibility index (Phi) is 3.49. The van der Waals surface area contributed by atoms with E-state index >= 15 is 0 Å². The number of hydrogen-bond donors (Lipinski definition) is 1. The molecule has 18 heavy (non-hydrogen) atoms. The highest BCUT2D eigenvalue weighted by Gasteiger charge is 2.33. The zero-order valence-corrected chi connectivity index (χ0v) is 11.4. The van der Waals surface area contributed by atoms with Crippen molar-refractivity contribution >= 4 is 23.1 Å². The second kappa shape index (κ2) is 4.77. The van der Waals surface area contributed by atoms with Gasteiger partial charge < -0.3 is 5.11 Å². The fourth-order valence-electron chi connectivity index (χ4n) is 2.76. The van der Waals surface area contributed by atoms with Gasteiger partial charge in [0.25, 0.3) is 0 Å². The molecule has 0 unspecified atom stereocenters. The van der Waals surface area contributed by atoms with Crippen molar-refractivity contribution in [3.63, 3.8) is 0 Å². The van der Waals surface area contributed by atoms with Crippen LogP contribution in [0.1, 0.15) is 38.7 Å². The largest absolute Gasteiger partial charge is 0.478 e. The molecular formula is C15H17ClO2. The molecule has 1 aromatic rings. The van der Waals surface area contributed by atoms with Crippen molar-refractivity contribution in [3.8, 4) is 0 Å². The minimum atomic E-state index is -0.798. The number of carboxylic acid groups (broad SMARTS) is 1. The van der Waals surface area contributed by atoms with Crippen molar-refractivity contribution in [1.82, 2.24) is 0 Å². The van der Waals surface area contributed by atoms with Crippen LogP contribution in [0.3, 0.4) is 0 Å². The van der Waals surface area contributed by atoms with Gasteiger partial charge in [-0.3, -0.25) is 0 Å². The molecule has 2 nitrogen and oxygen atoms in total.